The Morgan fingerprint density at radius 2 is 1.82 bits per heavy atom. The molecule has 2 rings (SSSR count). The Morgan fingerprint density at radius 1 is 1.23 bits per heavy atom. The summed E-state index contributed by atoms with van der Waals surface area (Å²) in [7, 11) is -3.37. The summed E-state index contributed by atoms with van der Waals surface area (Å²) in [5, 5.41) is 13.6. The minimum Gasteiger partial charge on any atom is -0.480 e. The van der Waals surface area contributed by atoms with Gasteiger partial charge in [0.25, 0.3) is 5.91 Å². The number of carbonyl (C=O) groups excluding carboxylic acids is 1. The van der Waals surface area contributed by atoms with Gasteiger partial charge in [0.1, 0.15) is 5.54 Å². The molecule has 0 radical (unpaired) electrons. The molecule has 0 aromatic carbocycles. The molecule has 122 valence electrons. The van der Waals surface area contributed by atoms with Crippen LogP contribution in [-0.2, 0) is 14.6 Å². The highest BCUT2D eigenvalue weighted by Crippen LogP contribution is 2.28. The quantitative estimate of drug-likeness (QED) is 0.814. The number of aliphatic carboxylic acids is 1. The van der Waals surface area contributed by atoms with Gasteiger partial charge in [0.15, 0.2) is 9.84 Å². The van der Waals surface area contributed by atoms with Gasteiger partial charge >= 0.3 is 5.97 Å². The van der Waals surface area contributed by atoms with Crippen molar-refractivity contribution in [2.24, 2.45) is 0 Å². The second-order valence-electron chi connectivity index (χ2n) is 5.67. The summed E-state index contributed by atoms with van der Waals surface area (Å²) in [4.78, 5) is 24.3. The van der Waals surface area contributed by atoms with E-state index in [4.69, 9.17) is 0 Å². The Labute approximate surface area is 133 Å². The minimum atomic E-state index is -3.37. The number of thiophene rings is 1. The molecule has 0 spiro atoms. The van der Waals surface area contributed by atoms with Crippen molar-refractivity contribution in [2.45, 2.75) is 49.0 Å². The van der Waals surface area contributed by atoms with Crippen LogP contribution >= 0.6 is 11.3 Å². The molecule has 1 saturated carbocycles. The first kappa shape index (κ1) is 17.0. The lowest BCUT2D eigenvalue weighted by Gasteiger charge is -2.29. The van der Waals surface area contributed by atoms with Gasteiger partial charge in [-0.25, -0.2) is 13.2 Å². The van der Waals surface area contributed by atoms with Crippen LogP contribution in [0.3, 0.4) is 0 Å². The number of amides is 1. The van der Waals surface area contributed by atoms with E-state index in [1.165, 1.54) is 11.4 Å². The third-order valence-electron chi connectivity index (χ3n) is 3.95. The van der Waals surface area contributed by atoms with Gasteiger partial charge in [0.05, 0.1) is 9.77 Å². The first-order valence-electron chi connectivity index (χ1n) is 7.09. The first-order chi connectivity index (χ1) is 10.2. The topological polar surface area (TPSA) is 101 Å². The second-order valence-corrected chi connectivity index (χ2v) is 8.60. The third-order valence-corrected chi connectivity index (χ3v) is 6.12. The lowest BCUT2D eigenvalue weighted by Crippen LogP contribution is -2.54. The summed E-state index contributed by atoms with van der Waals surface area (Å²) in [6.07, 6.45) is 5.30. The number of hydrogen-bond acceptors (Lipinski definition) is 5. The normalized spacial score (nSPS) is 18.4. The number of carbonyl (C=O) groups is 2. The summed E-state index contributed by atoms with van der Waals surface area (Å²) in [6, 6.07) is 1.29. The molecule has 1 aromatic rings. The van der Waals surface area contributed by atoms with E-state index in [2.05, 4.69) is 5.32 Å². The van der Waals surface area contributed by atoms with Gasteiger partial charge in [0, 0.05) is 11.6 Å². The number of rotatable bonds is 4. The molecule has 0 bridgehead atoms. The van der Waals surface area contributed by atoms with Crippen molar-refractivity contribution in [3.8, 4) is 0 Å². The summed E-state index contributed by atoms with van der Waals surface area (Å²) in [6.45, 7) is 0. The maximum atomic E-state index is 12.3. The molecular weight excluding hydrogens is 326 g/mol. The number of nitrogens with one attached hydrogen (secondary N) is 1. The summed E-state index contributed by atoms with van der Waals surface area (Å²) < 4.78 is 22.9. The standard InChI is InChI=1S/C14H19NO5S2/c1-22(19,20)10-8-11(21-9-10)12(16)15-14(13(17)18)6-4-2-3-5-7-14/h8-9H,2-7H2,1H3,(H,15,16)(H,17,18). The molecule has 1 aliphatic carbocycles. The summed E-state index contributed by atoms with van der Waals surface area (Å²) in [5.74, 6) is -1.55. The predicted molar refractivity (Wildman–Crippen MR) is 83.0 cm³/mol. The Balaban J connectivity index is 2.21. The van der Waals surface area contributed by atoms with Gasteiger partial charge in [0.2, 0.25) is 0 Å². The minimum absolute atomic E-state index is 0.0768. The van der Waals surface area contributed by atoms with Crippen LogP contribution in [0.4, 0.5) is 0 Å². The highest BCUT2D eigenvalue weighted by Gasteiger charge is 2.40. The monoisotopic (exact) mass is 345 g/mol. The van der Waals surface area contributed by atoms with E-state index in [9.17, 15) is 23.1 Å². The van der Waals surface area contributed by atoms with Crippen molar-refractivity contribution < 1.29 is 23.1 Å². The molecule has 8 heteroatoms. The van der Waals surface area contributed by atoms with Crippen molar-refractivity contribution in [2.75, 3.05) is 6.26 Å². The largest absolute Gasteiger partial charge is 0.480 e. The van der Waals surface area contributed by atoms with Crippen LogP contribution in [0, 0.1) is 0 Å². The number of sulfone groups is 1. The molecule has 1 heterocycles. The molecule has 0 atom stereocenters. The van der Waals surface area contributed by atoms with Crippen LogP contribution < -0.4 is 5.32 Å². The molecular formula is C14H19NO5S2. The zero-order chi connectivity index (χ0) is 16.4. The van der Waals surface area contributed by atoms with E-state index >= 15 is 0 Å². The van der Waals surface area contributed by atoms with Gasteiger partial charge in [-0.3, -0.25) is 4.79 Å². The van der Waals surface area contributed by atoms with Crippen LogP contribution in [0.25, 0.3) is 0 Å². The van der Waals surface area contributed by atoms with E-state index in [0.717, 1.165) is 43.3 Å². The molecule has 0 saturated heterocycles. The van der Waals surface area contributed by atoms with Gasteiger partial charge in [-0.2, -0.15) is 0 Å². The lowest BCUT2D eigenvalue weighted by molar-refractivity contribution is -0.145. The van der Waals surface area contributed by atoms with Gasteiger partial charge in [-0.15, -0.1) is 11.3 Å². The number of hydrogen-bond donors (Lipinski definition) is 2. The molecule has 1 amide bonds. The van der Waals surface area contributed by atoms with E-state index in [1.807, 2.05) is 0 Å². The smallest absolute Gasteiger partial charge is 0.329 e. The van der Waals surface area contributed by atoms with Crippen LogP contribution in [0.15, 0.2) is 16.3 Å². The predicted octanol–water partition coefficient (Wildman–Crippen LogP) is 2.06. The third kappa shape index (κ3) is 3.67. The van der Waals surface area contributed by atoms with Crippen LogP contribution in [0.1, 0.15) is 48.2 Å². The number of carboxylic acids is 1. The molecule has 1 aromatic heterocycles. The highest BCUT2D eigenvalue weighted by atomic mass is 32.2. The summed E-state index contributed by atoms with van der Waals surface area (Å²) >= 11 is 1.00. The SMILES string of the molecule is CS(=O)(=O)c1csc(C(=O)NC2(C(=O)O)CCCCCC2)c1. The van der Waals surface area contributed by atoms with Crippen LogP contribution in [-0.4, -0.2) is 37.2 Å². The average molecular weight is 345 g/mol. The molecule has 2 N–H and O–H groups in total. The Hall–Kier alpha value is -1.41. The Bertz CT molecular complexity index is 669. The van der Waals surface area contributed by atoms with Gasteiger partial charge in [-0.1, -0.05) is 25.7 Å². The highest BCUT2D eigenvalue weighted by molar-refractivity contribution is 7.90. The van der Waals surface area contributed by atoms with Crippen molar-refractivity contribution in [1.29, 1.82) is 0 Å². The zero-order valence-corrected chi connectivity index (χ0v) is 13.9. The molecule has 6 nitrogen and oxygen atoms in total. The first-order valence-corrected chi connectivity index (χ1v) is 9.86. The fourth-order valence-electron chi connectivity index (χ4n) is 2.64. The number of carboxylic acid groups (broad SMARTS) is 1. The Morgan fingerprint density at radius 3 is 2.27 bits per heavy atom. The van der Waals surface area contributed by atoms with E-state index in [0.29, 0.717) is 12.8 Å². The molecule has 22 heavy (non-hydrogen) atoms. The van der Waals surface area contributed by atoms with E-state index < -0.39 is 27.3 Å². The van der Waals surface area contributed by atoms with Crippen molar-refractivity contribution >= 4 is 33.1 Å². The fourth-order valence-corrected chi connectivity index (χ4v) is 4.55. The Kier molecular flexibility index (Phi) is 4.91. The molecule has 0 aliphatic heterocycles. The van der Waals surface area contributed by atoms with Crippen molar-refractivity contribution in [3.05, 3.63) is 16.3 Å². The van der Waals surface area contributed by atoms with Crippen molar-refractivity contribution in [3.63, 3.8) is 0 Å². The van der Waals surface area contributed by atoms with Gasteiger partial charge in [-0.05, 0) is 18.9 Å². The molecule has 1 fully saturated rings. The molecule has 1 aliphatic rings. The lowest BCUT2D eigenvalue weighted by atomic mass is 9.90. The summed E-state index contributed by atoms with van der Waals surface area (Å²) in [5.41, 5.74) is -1.25. The van der Waals surface area contributed by atoms with E-state index in [1.54, 1.807) is 0 Å². The second kappa shape index (κ2) is 6.37. The van der Waals surface area contributed by atoms with Crippen LogP contribution in [0.5, 0.6) is 0 Å². The molecule has 0 unspecified atom stereocenters. The maximum Gasteiger partial charge on any atom is 0.329 e. The van der Waals surface area contributed by atoms with Crippen LogP contribution in [0.2, 0.25) is 0 Å². The van der Waals surface area contributed by atoms with E-state index in [-0.39, 0.29) is 9.77 Å². The zero-order valence-electron chi connectivity index (χ0n) is 12.3. The van der Waals surface area contributed by atoms with Crippen molar-refractivity contribution in [1.82, 2.24) is 5.32 Å². The fraction of sp³-hybridized carbons (Fsp3) is 0.571. The maximum absolute atomic E-state index is 12.3. The average Bonchev–Trinajstić information content (AvgIpc) is 2.81. The van der Waals surface area contributed by atoms with Gasteiger partial charge < -0.3 is 10.4 Å².